The molecule has 172 valence electrons. The van der Waals surface area contributed by atoms with Crippen LogP contribution in [0.5, 0.6) is 0 Å². The number of carbonyl (C=O) groups is 1. The van der Waals surface area contributed by atoms with Crippen LogP contribution in [-0.4, -0.2) is 88.6 Å². The number of nitrogens with zero attached hydrogens (tertiary/aromatic N) is 4. The van der Waals surface area contributed by atoms with E-state index in [0.29, 0.717) is 6.54 Å². The maximum atomic E-state index is 12.7. The first-order valence-corrected chi connectivity index (χ1v) is 11.7. The van der Waals surface area contributed by atoms with Crippen LogP contribution in [0.1, 0.15) is 32.1 Å². The summed E-state index contributed by atoms with van der Waals surface area (Å²) in [7, 11) is 5.51. The first-order chi connectivity index (χ1) is 15.0. The van der Waals surface area contributed by atoms with Crippen molar-refractivity contribution in [1.82, 2.24) is 20.4 Å². The molecule has 2 N–H and O–H groups in total. The summed E-state index contributed by atoms with van der Waals surface area (Å²) < 4.78 is 0. The zero-order chi connectivity index (χ0) is 22.1. The summed E-state index contributed by atoms with van der Waals surface area (Å²) in [5.74, 6) is 1.04. The maximum Gasteiger partial charge on any atom is 0.230 e. The predicted octanol–water partition coefficient (Wildman–Crippen LogP) is 2.01. The molecule has 1 heterocycles. The molecule has 0 spiro atoms. The van der Waals surface area contributed by atoms with Gasteiger partial charge >= 0.3 is 0 Å². The molecule has 0 radical (unpaired) electrons. The van der Waals surface area contributed by atoms with Crippen LogP contribution in [0.4, 0.5) is 5.69 Å². The zero-order valence-corrected chi connectivity index (χ0v) is 19.6. The number of carbonyl (C=O) groups excluding carboxylic acids is 1. The molecule has 7 heteroatoms. The first kappa shape index (κ1) is 23.4. The number of aliphatic imine (C=N–C) groups is 1. The van der Waals surface area contributed by atoms with Crippen molar-refractivity contribution < 1.29 is 4.79 Å². The summed E-state index contributed by atoms with van der Waals surface area (Å²) >= 11 is 0. The Labute approximate surface area is 187 Å². The molecule has 1 aromatic rings. The van der Waals surface area contributed by atoms with Crippen LogP contribution in [0, 0.1) is 5.41 Å². The molecule has 0 unspecified atom stereocenters. The quantitative estimate of drug-likeness (QED) is 0.377. The highest BCUT2D eigenvalue weighted by molar-refractivity contribution is 5.85. The topological polar surface area (TPSA) is 63.2 Å². The molecule has 1 amide bonds. The minimum Gasteiger partial charge on any atom is -0.369 e. The first-order valence-electron chi connectivity index (χ1n) is 11.7. The molecule has 1 aliphatic carbocycles. The summed E-state index contributed by atoms with van der Waals surface area (Å²) in [6.45, 7) is 7.02. The standard InChI is InChI=1S/C24H40N6O/c1-25-23(27-20-24(12-7-8-13-24)22(31)28(2)3)26-14-9-15-29-16-18-30(19-17-29)21-10-5-4-6-11-21/h4-6,10-11H,7-9,12-20H2,1-3H3,(H2,25,26,27). The summed E-state index contributed by atoms with van der Waals surface area (Å²) in [6, 6.07) is 10.7. The Bertz CT molecular complexity index is 706. The SMILES string of the molecule is CN=C(NCCCN1CCN(c2ccccc2)CC1)NCC1(C(=O)N(C)C)CCCC1. The van der Waals surface area contributed by atoms with E-state index in [-0.39, 0.29) is 11.3 Å². The average molecular weight is 429 g/mol. The smallest absolute Gasteiger partial charge is 0.230 e. The minimum atomic E-state index is -0.278. The van der Waals surface area contributed by atoms with Gasteiger partial charge in [0.1, 0.15) is 0 Å². The number of hydrogen-bond acceptors (Lipinski definition) is 4. The van der Waals surface area contributed by atoms with E-state index in [9.17, 15) is 4.79 Å². The van der Waals surface area contributed by atoms with Gasteiger partial charge in [0.25, 0.3) is 0 Å². The molecule has 31 heavy (non-hydrogen) atoms. The third-order valence-electron chi connectivity index (χ3n) is 6.68. The summed E-state index contributed by atoms with van der Waals surface area (Å²) in [5.41, 5.74) is 1.05. The molecular weight excluding hydrogens is 388 g/mol. The van der Waals surface area contributed by atoms with Gasteiger partial charge in [-0.25, -0.2) is 0 Å². The van der Waals surface area contributed by atoms with E-state index in [0.717, 1.165) is 77.3 Å². The van der Waals surface area contributed by atoms with Crippen LogP contribution < -0.4 is 15.5 Å². The largest absolute Gasteiger partial charge is 0.369 e. The zero-order valence-electron chi connectivity index (χ0n) is 19.6. The van der Waals surface area contributed by atoms with E-state index in [1.165, 1.54) is 5.69 Å². The molecule has 2 aliphatic rings. The predicted molar refractivity (Wildman–Crippen MR) is 129 cm³/mol. The van der Waals surface area contributed by atoms with Gasteiger partial charge in [-0.1, -0.05) is 31.0 Å². The highest BCUT2D eigenvalue weighted by Gasteiger charge is 2.42. The Morgan fingerprint density at radius 1 is 1.06 bits per heavy atom. The third-order valence-corrected chi connectivity index (χ3v) is 6.68. The summed E-state index contributed by atoms with van der Waals surface area (Å²) in [4.78, 5) is 23.8. The number of para-hydroxylation sites is 1. The highest BCUT2D eigenvalue weighted by atomic mass is 16.2. The Morgan fingerprint density at radius 2 is 1.74 bits per heavy atom. The lowest BCUT2D eigenvalue weighted by Gasteiger charge is -2.36. The number of guanidine groups is 1. The van der Waals surface area contributed by atoms with Crippen molar-refractivity contribution in [3.05, 3.63) is 30.3 Å². The van der Waals surface area contributed by atoms with Crippen LogP contribution in [-0.2, 0) is 4.79 Å². The molecule has 1 aliphatic heterocycles. The molecule has 7 nitrogen and oxygen atoms in total. The van der Waals surface area contributed by atoms with E-state index < -0.39 is 0 Å². The second-order valence-corrected chi connectivity index (χ2v) is 9.06. The maximum absolute atomic E-state index is 12.7. The van der Waals surface area contributed by atoms with Crippen molar-refractivity contribution in [3.8, 4) is 0 Å². The van der Waals surface area contributed by atoms with Gasteiger partial charge in [-0.15, -0.1) is 0 Å². The lowest BCUT2D eigenvalue weighted by molar-refractivity contribution is -0.138. The number of benzene rings is 1. The normalized spacial score (nSPS) is 19.3. The Hall–Kier alpha value is -2.28. The van der Waals surface area contributed by atoms with Crippen LogP contribution in [0.15, 0.2) is 35.3 Å². The molecule has 0 atom stereocenters. The molecular formula is C24H40N6O. The van der Waals surface area contributed by atoms with Gasteiger partial charge in [0.05, 0.1) is 5.41 Å². The fraction of sp³-hybridized carbons (Fsp3) is 0.667. The third kappa shape index (κ3) is 6.35. The number of amides is 1. The molecule has 3 rings (SSSR count). The molecule has 0 aromatic heterocycles. The van der Waals surface area contributed by atoms with Crippen molar-refractivity contribution in [2.75, 3.05) is 71.9 Å². The van der Waals surface area contributed by atoms with Crippen molar-refractivity contribution in [2.45, 2.75) is 32.1 Å². The van der Waals surface area contributed by atoms with Crippen molar-refractivity contribution in [1.29, 1.82) is 0 Å². The summed E-state index contributed by atoms with van der Waals surface area (Å²) in [6.07, 6.45) is 5.26. The van der Waals surface area contributed by atoms with Crippen molar-refractivity contribution >= 4 is 17.6 Å². The average Bonchev–Trinajstić information content (AvgIpc) is 3.29. The van der Waals surface area contributed by atoms with E-state index in [1.54, 1.807) is 11.9 Å². The van der Waals surface area contributed by atoms with Crippen LogP contribution in [0.25, 0.3) is 0 Å². The van der Waals surface area contributed by atoms with E-state index >= 15 is 0 Å². The lowest BCUT2D eigenvalue weighted by Crippen LogP contribution is -2.49. The monoisotopic (exact) mass is 428 g/mol. The van der Waals surface area contributed by atoms with Crippen LogP contribution in [0.3, 0.4) is 0 Å². The second kappa shape index (κ2) is 11.4. The summed E-state index contributed by atoms with van der Waals surface area (Å²) in [5, 5.41) is 6.85. The van der Waals surface area contributed by atoms with Gasteiger partial charge in [0.15, 0.2) is 5.96 Å². The van der Waals surface area contributed by atoms with E-state index in [2.05, 4.69) is 55.8 Å². The number of nitrogens with one attached hydrogen (secondary N) is 2. The van der Waals surface area contributed by atoms with Gasteiger partial charge < -0.3 is 20.4 Å². The van der Waals surface area contributed by atoms with Gasteiger partial charge in [-0.05, 0) is 37.9 Å². The Kier molecular flexibility index (Phi) is 8.58. The van der Waals surface area contributed by atoms with Gasteiger partial charge in [-0.2, -0.15) is 0 Å². The van der Waals surface area contributed by atoms with Crippen LogP contribution >= 0.6 is 0 Å². The van der Waals surface area contributed by atoms with Crippen LogP contribution in [0.2, 0.25) is 0 Å². The molecule has 1 saturated carbocycles. The number of hydrogen-bond donors (Lipinski definition) is 2. The second-order valence-electron chi connectivity index (χ2n) is 9.06. The minimum absolute atomic E-state index is 0.239. The van der Waals surface area contributed by atoms with Crippen molar-refractivity contribution in [2.24, 2.45) is 10.4 Å². The van der Waals surface area contributed by atoms with Crippen molar-refractivity contribution in [3.63, 3.8) is 0 Å². The number of piperazine rings is 1. The van der Waals surface area contributed by atoms with E-state index in [4.69, 9.17) is 0 Å². The molecule has 2 fully saturated rings. The lowest BCUT2D eigenvalue weighted by atomic mass is 9.84. The Morgan fingerprint density at radius 3 is 2.35 bits per heavy atom. The van der Waals surface area contributed by atoms with Gasteiger partial charge in [-0.3, -0.25) is 14.7 Å². The molecule has 0 bridgehead atoms. The Balaban J connectivity index is 1.35. The molecule has 1 aromatic carbocycles. The number of anilines is 1. The highest BCUT2D eigenvalue weighted by Crippen LogP contribution is 2.38. The fourth-order valence-electron chi connectivity index (χ4n) is 4.84. The van der Waals surface area contributed by atoms with Gasteiger partial charge in [0.2, 0.25) is 5.91 Å². The number of rotatable bonds is 8. The molecule has 1 saturated heterocycles. The van der Waals surface area contributed by atoms with E-state index in [1.807, 2.05) is 14.1 Å². The van der Waals surface area contributed by atoms with Gasteiger partial charge in [0, 0.05) is 66.1 Å². The fourth-order valence-corrected chi connectivity index (χ4v) is 4.84.